The summed E-state index contributed by atoms with van der Waals surface area (Å²) in [7, 11) is 0. The quantitative estimate of drug-likeness (QED) is 0.833. The number of carbonyl (C=O) groups is 1. The Morgan fingerprint density at radius 1 is 1.29 bits per heavy atom. The summed E-state index contributed by atoms with van der Waals surface area (Å²) in [6.45, 7) is 1.43. The van der Waals surface area contributed by atoms with E-state index >= 15 is 0 Å². The van der Waals surface area contributed by atoms with E-state index in [9.17, 15) is 9.18 Å². The molecule has 0 aromatic heterocycles. The summed E-state index contributed by atoms with van der Waals surface area (Å²) in [5.41, 5.74) is 2.12. The van der Waals surface area contributed by atoms with Crippen LogP contribution < -0.4 is 5.32 Å². The third kappa shape index (κ3) is 3.68. The van der Waals surface area contributed by atoms with Gasteiger partial charge in [0.25, 0.3) is 5.91 Å². The van der Waals surface area contributed by atoms with Crippen molar-refractivity contribution in [2.24, 2.45) is 0 Å². The van der Waals surface area contributed by atoms with Crippen LogP contribution in [0.3, 0.4) is 0 Å². The molecule has 0 atom stereocenters. The topological polar surface area (TPSA) is 49.3 Å². The molecule has 0 unspecified atom stereocenters. The van der Waals surface area contributed by atoms with Crippen LogP contribution in [-0.2, 0) is 0 Å². The van der Waals surface area contributed by atoms with Gasteiger partial charge in [-0.05, 0) is 42.8 Å². The summed E-state index contributed by atoms with van der Waals surface area (Å²) >= 11 is 0. The second-order valence-electron chi connectivity index (χ2n) is 4.42. The number of hydrogen-bond acceptors (Lipinski definition) is 2. The lowest BCUT2D eigenvalue weighted by atomic mass is 10.1. The van der Waals surface area contributed by atoms with E-state index < -0.39 is 0 Å². The molecule has 0 radical (unpaired) electrons. The average molecular weight is 283 g/mol. The molecule has 0 heterocycles. The first-order chi connectivity index (χ1) is 10.1. The molecule has 2 aromatic carbocycles. The first kappa shape index (κ1) is 14.8. The second-order valence-corrected chi connectivity index (χ2v) is 4.42. The fourth-order valence-corrected chi connectivity index (χ4v) is 1.91. The molecule has 4 heteroatoms. The van der Waals surface area contributed by atoms with E-state index in [1.165, 1.54) is 18.2 Å². The van der Waals surface area contributed by atoms with Gasteiger partial charge in [0.05, 0.1) is 5.69 Å². The van der Waals surface area contributed by atoms with Gasteiger partial charge in [-0.1, -0.05) is 24.0 Å². The van der Waals surface area contributed by atoms with Crippen LogP contribution >= 0.6 is 0 Å². The van der Waals surface area contributed by atoms with Crippen LogP contribution in [0.1, 0.15) is 21.5 Å². The Morgan fingerprint density at radius 2 is 2.05 bits per heavy atom. The highest BCUT2D eigenvalue weighted by Crippen LogP contribution is 2.17. The summed E-state index contributed by atoms with van der Waals surface area (Å²) in [6.07, 6.45) is 0. The minimum atomic E-state index is -0.377. The van der Waals surface area contributed by atoms with Crippen molar-refractivity contribution in [3.8, 4) is 11.8 Å². The van der Waals surface area contributed by atoms with Crippen LogP contribution in [0.2, 0.25) is 0 Å². The highest BCUT2D eigenvalue weighted by atomic mass is 19.1. The third-order valence-corrected chi connectivity index (χ3v) is 2.91. The van der Waals surface area contributed by atoms with Gasteiger partial charge in [-0.25, -0.2) is 4.39 Å². The van der Waals surface area contributed by atoms with Gasteiger partial charge in [0, 0.05) is 11.1 Å². The molecule has 0 saturated carbocycles. The Hall–Kier alpha value is -2.64. The number of rotatable bonds is 2. The Balaban J connectivity index is 2.27. The highest BCUT2D eigenvalue weighted by Gasteiger charge is 2.11. The number of halogens is 1. The standard InChI is InChI=1S/C17H14FNO2/c1-12-11-14(18)8-9-15(12)17(21)19-16-7-3-2-5-13(16)6-4-10-20/h2-3,5,7-9,11,20H,10H2,1H3,(H,19,21). The lowest BCUT2D eigenvalue weighted by Crippen LogP contribution is -2.14. The van der Waals surface area contributed by atoms with Crippen LogP contribution in [0.4, 0.5) is 10.1 Å². The number of aryl methyl sites for hydroxylation is 1. The van der Waals surface area contributed by atoms with Gasteiger partial charge in [0.1, 0.15) is 12.4 Å². The zero-order valence-corrected chi connectivity index (χ0v) is 11.5. The fourth-order valence-electron chi connectivity index (χ4n) is 1.91. The molecule has 0 bridgehead atoms. The summed E-state index contributed by atoms with van der Waals surface area (Å²) in [6, 6.07) is 11.0. The molecule has 0 spiro atoms. The monoisotopic (exact) mass is 283 g/mol. The number of aliphatic hydroxyl groups excluding tert-OH is 1. The Morgan fingerprint density at radius 3 is 2.76 bits per heavy atom. The van der Waals surface area contributed by atoms with E-state index in [1.807, 2.05) is 0 Å². The third-order valence-electron chi connectivity index (χ3n) is 2.91. The summed E-state index contributed by atoms with van der Waals surface area (Å²) in [4.78, 5) is 12.2. The van der Waals surface area contributed by atoms with Crippen molar-refractivity contribution >= 4 is 11.6 Å². The summed E-state index contributed by atoms with van der Waals surface area (Å²) in [5, 5.41) is 11.5. The van der Waals surface area contributed by atoms with Gasteiger partial charge >= 0.3 is 0 Å². The Kier molecular flexibility index (Phi) is 4.70. The fraction of sp³-hybridized carbons (Fsp3) is 0.118. The number of aliphatic hydroxyl groups is 1. The lowest BCUT2D eigenvalue weighted by Gasteiger charge is -2.09. The van der Waals surface area contributed by atoms with Crippen molar-refractivity contribution in [2.45, 2.75) is 6.92 Å². The number of anilines is 1. The SMILES string of the molecule is Cc1cc(F)ccc1C(=O)Nc1ccccc1C#CCO. The maximum Gasteiger partial charge on any atom is 0.255 e. The van der Waals surface area contributed by atoms with Crippen molar-refractivity contribution in [3.05, 3.63) is 65.0 Å². The van der Waals surface area contributed by atoms with Crippen molar-refractivity contribution in [2.75, 3.05) is 11.9 Å². The van der Waals surface area contributed by atoms with Crippen molar-refractivity contribution < 1.29 is 14.3 Å². The Labute approximate surface area is 122 Å². The minimum absolute atomic E-state index is 0.251. The van der Waals surface area contributed by atoms with E-state index in [4.69, 9.17) is 5.11 Å². The second kappa shape index (κ2) is 6.69. The largest absolute Gasteiger partial charge is 0.384 e. The zero-order valence-electron chi connectivity index (χ0n) is 11.5. The molecule has 106 valence electrons. The molecule has 0 saturated heterocycles. The normalized spacial score (nSPS) is 9.67. The van der Waals surface area contributed by atoms with Crippen molar-refractivity contribution in [1.82, 2.24) is 0 Å². The average Bonchev–Trinajstić information content (AvgIpc) is 2.46. The van der Waals surface area contributed by atoms with E-state index in [2.05, 4.69) is 17.2 Å². The molecule has 3 nitrogen and oxygen atoms in total. The molecule has 0 aliphatic heterocycles. The summed E-state index contributed by atoms with van der Waals surface area (Å²) < 4.78 is 13.1. The molecule has 1 amide bonds. The van der Waals surface area contributed by atoms with E-state index in [1.54, 1.807) is 31.2 Å². The minimum Gasteiger partial charge on any atom is -0.384 e. The van der Waals surface area contributed by atoms with Crippen LogP contribution in [0.15, 0.2) is 42.5 Å². The number of benzene rings is 2. The van der Waals surface area contributed by atoms with Crippen LogP contribution in [-0.4, -0.2) is 17.6 Å². The molecule has 2 N–H and O–H groups in total. The van der Waals surface area contributed by atoms with Gasteiger partial charge in [-0.2, -0.15) is 0 Å². The van der Waals surface area contributed by atoms with Crippen molar-refractivity contribution in [3.63, 3.8) is 0 Å². The van der Waals surface area contributed by atoms with Gasteiger partial charge in [-0.3, -0.25) is 4.79 Å². The molecule has 2 rings (SSSR count). The number of para-hydroxylation sites is 1. The predicted molar refractivity (Wildman–Crippen MR) is 79.5 cm³/mol. The number of hydrogen-bond donors (Lipinski definition) is 2. The first-order valence-electron chi connectivity index (χ1n) is 6.38. The molecular formula is C17H14FNO2. The van der Waals surface area contributed by atoms with E-state index in [0.29, 0.717) is 22.4 Å². The lowest BCUT2D eigenvalue weighted by molar-refractivity contribution is 0.102. The van der Waals surface area contributed by atoms with Crippen LogP contribution in [0.25, 0.3) is 0 Å². The summed E-state index contributed by atoms with van der Waals surface area (Å²) in [5.74, 6) is 4.61. The molecule has 0 aliphatic carbocycles. The highest BCUT2D eigenvalue weighted by molar-refractivity contribution is 6.05. The zero-order chi connectivity index (χ0) is 15.2. The van der Waals surface area contributed by atoms with Crippen LogP contribution in [0.5, 0.6) is 0 Å². The molecular weight excluding hydrogens is 269 g/mol. The van der Waals surface area contributed by atoms with Gasteiger partial charge in [0.15, 0.2) is 0 Å². The van der Waals surface area contributed by atoms with Gasteiger partial charge in [0.2, 0.25) is 0 Å². The molecule has 2 aromatic rings. The maximum absolute atomic E-state index is 13.1. The first-order valence-corrected chi connectivity index (χ1v) is 6.38. The molecule has 21 heavy (non-hydrogen) atoms. The Bertz CT molecular complexity index is 729. The van der Waals surface area contributed by atoms with E-state index in [0.717, 1.165) is 0 Å². The number of carbonyl (C=O) groups excluding carboxylic acids is 1. The van der Waals surface area contributed by atoms with Gasteiger partial charge in [-0.15, -0.1) is 0 Å². The number of nitrogens with one attached hydrogen (secondary N) is 1. The molecule has 0 fully saturated rings. The van der Waals surface area contributed by atoms with Crippen LogP contribution in [0, 0.1) is 24.6 Å². The van der Waals surface area contributed by atoms with Gasteiger partial charge < -0.3 is 10.4 Å². The smallest absolute Gasteiger partial charge is 0.255 e. The van der Waals surface area contributed by atoms with E-state index in [-0.39, 0.29) is 18.3 Å². The predicted octanol–water partition coefficient (Wildman–Crippen LogP) is 2.73. The number of amides is 1. The molecule has 0 aliphatic rings. The maximum atomic E-state index is 13.1. The van der Waals surface area contributed by atoms with Crippen molar-refractivity contribution in [1.29, 1.82) is 0 Å².